The summed E-state index contributed by atoms with van der Waals surface area (Å²) in [6.45, 7) is 4.21. The Morgan fingerprint density at radius 2 is 2.09 bits per heavy atom. The van der Waals surface area contributed by atoms with Gasteiger partial charge in [0.2, 0.25) is 0 Å². The molecule has 1 heterocycles. The highest BCUT2D eigenvalue weighted by Gasteiger charge is 2.16. The number of hydrogen-bond acceptors (Lipinski definition) is 3. The molecule has 1 aliphatic heterocycles. The van der Waals surface area contributed by atoms with Crippen LogP contribution in [0.4, 0.5) is 0 Å². The minimum atomic E-state index is -0.127. The van der Waals surface area contributed by atoms with Gasteiger partial charge in [0.25, 0.3) is 11.8 Å². The summed E-state index contributed by atoms with van der Waals surface area (Å²) in [6, 6.07) is 7.25. The van der Waals surface area contributed by atoms with Gasteiger partial charge in [0.1, 0.15) is 0 Å². The van der Waals surface area contributed by atoms with Gasteiger partial charge in [-0.1, -0.05) is 6.07 Å². The van der Waals surface area contributed by atoms with E-state index in [4.69, 9.17) is 0 Å². The second-order valence-electron chi connectivity index (χ2n) is 5.40. The third kappa shape index (κ3) is 4.71. The predicted molar refractivity (Wildman–Crippen MR) is 89.7 cm³/mol. The van der Waals surface area contributed by atoms with Crippen molar-refractivity contribution in [2.24, 2.45) is 0 Å². The van der Waals surface area contributed by atoms with Crippen LogP contribution in [0.1, 0.15) is 40.5 Å². The topological polar surface area (TPSA) is 61.4 Å². The zero-order chi connectivity index (χ0) is 15.2. The molecule has 6 heteroatoms. The van der Waals surface area contributed by atoms with Crippen molar-refractivity contribution in [1.29, 1.82) is 0 Å². The normalized spacial score (nSPS) is 16.7. The summed E-state index contributed by atoms with van der Waals surface area (Å²) < 4.78 is 0. The SMILES string of the molecule is CCN(C)C(=O)c1cccc(C(=O)NCC2CCCN2)c1.Cl. The van der Waals surface area contributed by atoms with Crippen LogP contribution in [0.5, 0.6) is 0 Å². The lowest BCUT2D eigenvalue weighted by molar-refractivity contribution is 0.0802. The Bertz CT molecular complexity index is 516. The maximum absolute atomic E-state index is 12.2. The molecule has 22 heavy (non-hydrogen) atoms. The van der Waals surface area contributed by atoms with Crippen molar-refractivity contribution in [1.82, 2.24) is 15.5 Å². The monoisotopic (exact) mass is 325 g/mol. The average Bonchev–Trinajstić information content (AvgIpc) is 3.04. The van der Waals surface area contributed by atoms with Crippen LogP contribution in [0.3, 0.4) is 0 Å². The predicted octanol–water partition coefficient (Wildman–Crippen LogP) is 1.68. The molecular formula is C16H24ClN3O2. The number of hydrogen-bond donors (Lipinski definition) is 2. The Kier molecular flexibility index (Phi) is 7.35. The van der Waals surface area contributed by atoms with Crippen molar-refractivity contribution in [3.63, 3.8) is 0 Å². The van der Waals surface area contributed by atoms with Crippen LogP contribution < -0.4 is 10.6 Å². The fraction of sp³-hybridized carbons (Fsp3) is 0.500. The standard InChI is InChI=1S/C16H23N3O2.ClH/c1-3-19(2)16(21)13-7-4-6-12(10-13)15(20)18-11-14-8-5-9-17-14;/h4,6-7,10,14,17H,3,5,8-9,11H2,1-2H3,(H,18,20);1H. The number of halogens is 1. The van der Waals surface area contributed by atoms with E-state index in [2.05, 4.69) is 10.6 Å². The van der Waals surface area contributed by atoms with E-state index in [1.165, 1.54) is 0 Å². The molecule has 0 spiro atoms. The highest BCUT2D eigenvalue weighted by molar-refractivity contribution is 5.99. The van der Waals surface area contributed by atoms with Gasteiger partial charge in [0.15, 0.2) is 0 Å². The van der Waals surface area contributed by atoms with Gasteiger partial charge in [-0.25, -0.2) is 0 Å². The number of nitrogens with zero attached hydrogens (tertiary/aromatic N) is 1. The Morgan fingerprint density at radius 1 is 1.36 bits per heavy atom. The summed E-state index contributed by atoms with van der Waals surface area (Å²) >= 11 is 0. The molecule has 1 atom stereocenters. The average molecular weight is 326 g/mol. The molecule has 1 aliphatic rings. The van der Waals surface area contributed by atoms with Gasteiger partial charge in [-0.15, -0.1) is 12.4 Å². The first-order chi connectivity index (χ1) is 10.1. The molecule has 0 aromatic heterocycles. The summed E-state index contributed by atoms with van der Waals surface area (Å²) in [5.41, 5.74) is 1.08. The highest BCUT2D eigenvalue weighted by atomic mass is 35.5. The van der Waals surface area contributed by atoms with E-state index in [9.17, 15) is 9.59 Å². The lowest BCUT2D eigenvalue weighted by Gasteiger charge is -2.15. The van der Waals surface area contributed by atoms with Crippen molar-refractivity contribution < 1.29 is 9.59 Å². The zero-order valence-electron chi connectivity index (χ0n) is 13.1. The summed E-state index contributed by atoms with van der Waals surface area (Å²) in [5, 5.41) is 6.26. The van der Waals surface area contributed by atoms with E-state index in [0.717, 1.165) is 19.4 Å². The van der Waals surface area contributed by atoms with Crippen molar-refractivity contribution in [2.75, 3.05) is 26.7 Å². The molecule has 1 fully saturated rings. The first kappa shape index (κ1) is 18.5. The van der Waals surface area contributed by atoms with Gasteiger partial charge < -0.3 is 15.5 Å². The number of benzene rings is 1. The summed E-state index contributed by atoms with van der Waals surface area (Å²) in [5.74, 6) is -0.192. The lowest BCUT2D eigenvalue weighted by atomic mass is 10.1. The highest BCUT2D eigenvalue weighted by Crippen LogP contribution is 2.09. The van der Waals surface area contributed by atoms with Crippen LogP contribution in [0.2, 0.25) is 0 Å². The van der Waals surface area contributed by atoms with Crippen molar-refractivity contribution in [2.45, 2.75) is 25.8 Å². The summed E-state index contributed by atoms with van der Waals surface area (Å²) in [6.07, 6.45) is 2.26. The van der Waals surface area contributed by atoms with Crippen LogP contribution in [0, 0.1) is 0 Å². The third-order valence-corrected chi connectivity index (χ3v) is 3.86. The number of nitrogens with one attached hydrogen (secondary N) is 2. The molecule has 1 saturated heterocycles. The molecule has 5 nitrogen and oxygen atoms in total. The molecule has 0 radical (unpaired) electrons. The maximum atomic E-state index is 12.2. The quantitative estimate of drug-likeness (QED) is 0.866. The van der Waals surface area contributed by atoms with E-state index >= 15 is 0 Å². The minimum absolute atomic E-state index is 0. The maximum Gasteiger partial charge on any atom is 0.253 e. The molecule has 1 aromatic rings. The molecule has 1 unspecified atom stereocenters. The van der Waals surface area contributed by atoms with Gasteiger partial charge in [-0.2, -0.15) is 0 Å². The van der Waals surface area contributed by atoms with Gasteiger partial charge in [-0.3, -0.25) is 9.59 Å². The third-order valence-electron chi connectivity index (χ3n) is 3.86. The molecule has 2 amide bonds. The molecule has 0 aliphatic carbocycles. The number of rotatable bonds is 5. The number of carbonyl (C=O) groups is 2. The molecule has 0 saturated carbocycles. The van der Waals surface area contributed by atoms with Crippen LogP contribution in [-0.2, 0) is 0 Å². The first-order valence-electron chi connectivity index (χ1n) is 7.49. The number of carbonyl (C=O) groups excluding carboxylic acids is 2. The smallest absolute Gasteiger partial charge is 0.253 e. The second kappa shape index (κ2) is 8.76. The van der Waals surface area contributed by atoms with Crippen LogP contribution in [0.15, 0.2) is 24.3 Å². The summed E-state index contributed by atoms with van der Waals surface area (Å²) in [7, 11) is 1.75. The second-order valence-corrected chi connectivity index (χ2v) is 5.40. The minimum Gasteiger partial charge on any atom is -0.350 e. The molecule has 2 rings (SSSR count). The van der Waals surface area contributed by atoms with Gasteiger partial charge >= 0.3 is 0 Å². The molecule has 1 aromatic carbocycles. The molecular weight excluding hydrogens is 302 g/mol. The fourth-order valence-electron chi connectivity index (χ4n) is 2.41. The largest absolute Gasteiger partial charge is 0.350 e. The van der Waals surface area contributed by atoms with Crippen molar-refractivity contribution in [3.05, 3.63) is 35.4 Å². The number of amides is 2. The molecule has 2 N–H and O–H groups in total. The molecule has 0 bridgehead atoms. The van der Waals surface area contributed by atoms with E-state index in [1.54, 1.807) is 36.2 Å². The first-order valence-corrected chi connectivity index (χ1v) is 7.49. The zero-order valence-corrected chi connectivity index (χ0v) is 13.9. The van der Waals surface area contributed by atoms with Crippen molar-refractivity contribution >= 4 is 24.2 Å². The van der Waals surface area contributed by atoms with E-state index in [0.29, 0.717) is 30.3 Å². The van der Waals surface area contributed by atoms with E-state index < -0.39 is 0 Å². The fourth-order valence-corrected chi connectivity index (χ4v) is 2.41. The van der Waals surface area contributed by atoms with E-state index in [1.807, 2.05) is 6.92 Å². The lowest BCUT2D eigenvalue weighted by Crippen LogP contribution is -2.37. The van der Waals surface area contributed by atoms with Crippen LogP contribution >= 0.6 is 12.4 Å². The Balaban J connectivity index is 0.00000242. The van der Waals surface area contributed by atoms with E-state index in [-0.39, 0.29) is 24.2 Å². The Labute approximate surface area is 137 Å². The van der Waals surface area contributed by atoms with Gasteiger partial charge in [0.05, 0.1) is 0 Å². The Morgan fingerprint density at radius 3 is 2.73 bits per heavy atom. The van der Waals surface area contributed by atoms with Crippen LogP contribution in [0.25, 0.3) is 0 Å². The van der Waals surface area contributed by atoms with Gasteiger partial charge in [0, 0.05) is 37.3 Å². The molecule has 122 valence electrons. The summed E-state index contributed by atoms with van der Waals surface area (Å²) in [4.78, 5) is 25.9. The van der Waals surface area contributed by atoms with Crippen molar-refractivity contribution in [3.8, 4) is 0 Å². The van der Waals surface area contributed by atoms with Crippen LogP contribution in [-0.4, -0.2) is 49.4 Å². The Hall–Kier alpha value is -1.59. The van der Waals surface area contributed by atoms with Gasteiger partial charge in [-0.05, 0) is 44.5 Å².